The topological polar surface area (TPSA) is 39.7 Å². The van der Waals surface area contributed by atoms with Gasteiger partial charge in [-0.1, -0.05) is 44.2 Å². The number of benzene rings is 1. The first kappa shape index (κ1) is 21.2. The summed E-state index contributed by atoms with van der Waals surface area (Å²) >= 11 is 0. The van der Waals surface area contributed by atoms with Crippen LogP contribution >= 0.6 is 24.0 Å². The van der Waals surface area contributed by atoms with Crippen LogP contribution in [0.1, 0.15) is 25.8 Å². The van der Waals surface area contributed by atoms with Crippen molar-refractivity contribution in [3.63, 3.8) is 0 Å². The molecule has 4 nitrogen and oxygen atoms in total. The molecule has 0 bridgehead atoms. The zero-order valence-electron chi connectivity index (χ0n) is 14.3. The van der Waals surface area contributed by atoms with Gasteiger partial charge in [-0.25, -0.2) is 0 Å². The van der Waals surface area contributed by atoms with E-state index >= 15 is 0 Å². The molecule has 0 unspecified atom stereocenters. The van der Waals surface area contributed by atoms with E-state index in [9.17, 15) is 0 Å². The number of guanidine groups is 1. The molecule has 0 amide bonds. The molecule has 2 N–H and O–H groups in total. The Morgan fingerprint density at radius 3 is 2.36 bits per heavy atom. The van der Waals surface area contributed by atoms with Gasteiger partial charge in [0.15, 0.2) is 5.96 Å². The molecule has 0 spiro atoms. The molecular formula is C17H31IN4. The highest BCUT2D eigenvalue weighted by Crippen LogP contribution is 2.01. The highest BCUT2D eigenvalue weighted by atomic mass is 127. The molecule has 0 aliphatic heterocycles. The minimum Gasteiger partial charge on any atom is -0.356 e. The average Bonchev–Trinajstić information content (AvgIpc) is 2.46. The van der Waals surface area contributed by atoms with Crippen LogP contribution in [0.15, 0.2) is 35.3 Å². The van der Waals surface area contributed by atoms with Crippen molar-refractivity contribution in [1.82, 2.24) is 15.5 Å². The first-order valence-electron chi connectivity index (χ1n) is 7.78. The monoisotopic (exact) mass is 418 g/mol. The van der Waals surface area contributed by atoms with E-state index in [1.165, 1.54) is 5.56 Å². The maximum atomic E-state index is 4.24. The van der Waals surface area contributed by atoms with Gasteiger partial charge < -0.3 is 15.5 Å². The summed E-state index contributed by atoms with van der Waals surface area (Å²) in [4.78, 5) is 6.55. The maximum Gasteiger partial charge on any atom is 0.191 e. The standard InChI is InChI=1S/C17H30N4.HI/c1-15(2)10-11-19-17(18-3)20-12-13-21(4)14-16-8-6-5-7-9-16;/h5-9,15H,10-14H2,1-4H3,(H2,18,19,20);1H. The summed E-state index contributed by atoms with van der Waals surface area (Å²) in [5.74, 6) is 1.61. The van der Waals surface area contributed by atoms with Gasteiger partial charge in [-0.2, -0.15) is 0 Å². The molecule has 5 heteroatoms. The van der Waals surface area contributed by atoms with Crippen LogP contribution in [0.2, 0.25) is 0 Å². The van der Waals surface area contributed by atoms with E-state index in [2.05, 4.69) is 71.8 Å². The van der Waals surface area contributed by atoms with Gasteiger partial charge in [0.2, 0.25) is 0 Å². The Kier molecular flexibility index (Phi) is 12.2. The molecule has 0 saturated carbocycles. The van der Waals surface area contributed by atoms with Crippen molar-refractivity contribution in [3.8, 4) is 0 Å². The Balaban J connectivity index is 0.00000441. The summed E-state index contributed by atoms with van der Waals surface area (Å²) in [6.07, 6.45) is 1.16. The zero-order chi connectivity index (χ0) is 15.5. The van der Waals surface area contributed by atoms with Crippen LogP contribution in [0.25, 0.3) is 0 Å². The van der Waals surface area contributed by atoms with Crippen molar-refractivity contribution in [2.24, 2.45) is 10.9 Å². The molecular weight excluding hydrogens is 387 g/mol. The van der Waals surface area contributed by atoms with Crippen LogP contribution in [-0.2, 0) is 6.54 Å². The van der Waals surface area contributed by atoms with Gasteiger partial charge in [-0.15, -0.1) is 24.0 Å². The number of hydrogen-bond donors (Lipinski definition) is 2. The molecule has 0 aromatic heterocycles. The Hall–Kier alpha value is -0.820. The number of likely N-dealkylation sites (N-methyl/N-ethyl adjacent to an activating group) is 1. The molecule has 1 rings (SSSR count). The predicted octanol–water partition coefficient (Wildman–Crippen LogP) is 2.95. The number of aliphatic imine (C=N–C) groups is 1. The largest absolute Gasteiger partial charge is 0.356 e. The highest BCUT2D eigenvalue weighted by Gasteiger charge is 2.01. The molecule has 0 aliphatic rings. The normalized spacial score (nSPS) is 11.5. The fraction of sp³-hybridized carbons (Fsp3) is 0.588. The molecule has 22 heavy (non-hydrogen) atoms. The third kappa shape index (κ3) is 10.00. The second-order valence-corrected chi connectivity index (χ2v) is 5.83. The first-order chi connectivity index (χ1) is 10.1. The van der Waals surface area contributed by atoms with Gasteiger partial charge in [-0.3, -0.25) is 4.99 Å². The molecule has 0 fully saturated rings. The van der Waals surface area contributed by atoms with Crippen molar-refractivity contribution in [3.05, 3.63) is 35.9 Å². The van der Waals surface area contributed by atoms with Crippen LogP contribution in [0.5, 0.6) is 0 Å². The summed E-state index contributed by atoms with van der Waals surface area (Å²) in [5, 5.41) is 6.70. The van der Waals surface area contributed by atoms with E-state index in [0.717, 1.165) is 38.6 Å². The maximum absolute atomic E-state index is 4.24. The van der Waals surface area contributed by atoms with Gasteiger partial charge in [0.25, 0.3) is 0 Å². The number of halogens is 1. The summed E-state index contributed by atoms with van der Waals surface area (Å²) in [6.45, 7) is 8.29. The summed E-state index contributed by atoms with van der Waals surface area (Å²) in [6, 6.07) is 10.5. The Morgan fingerprint density at radius 1 is 1.14 bits per heavy atom. The predicted molar refractivity (Wildman–Crippen MR) is 107 cm³/mol. The quantitative estimate of drug-likeness (QED) is 0.388. The Labute approximate surface area is 152 Å². The van der Waals surface area contributed by atoms with Gasteiger partial charge in [0.05, 0.1) is 0 Å². The van der Waals surface area contributed by atoms with Crippen LogP contribution in [0.3, 0.4) is 0 Å². The number of nitrogens with zero attached hydrogens (tertiary/aromatic N) is 2. The molecule has 1 aromatic rings. The fourth-order valence-corrected chi connectivity index (χ4v) is 2.04. The lowest BCUT2D eigenvalue weighted by Crippen LogP contribution is -2.41. The highest BCUT2D eigenvalue weighted by molar-refractivity contribution is 14.0. The lowest BCUT2D eigenvalue weighted by atomic mass is 10.1. The first-order valence-corrected chi connectivity index (χ1v) is 7.78. The van der Waals surface area contributed by atoms with Gasteiger partial charge in [-0.05, 0) is 24.9 Å². The molecule has 0 radical (unpaired) electrons. The second kappa shape index (κ2) is 12.7. The van der Waals surface area contributed by atoms with Crippen LogP contribution < -0.4 is 10.6 Å². The van der Waals surface area contributed by atoms with E-state index in [-0.39, 0.29) is 24.0 Å². The molecule has 1 aromatic carbocycles. The number of hydrogen-bond acceptors (Lipinski definition) is 2. The van der Waals surface area contributed by atoms with Crippen molar-refractivity contribution < 1.29 is 0 Å². The Bertz CT molecular complexity index is 406. The SMILES string of the molecule is CN=C(NCCC(C)C)NCCN(C)Cc1ccccc1.I. The molecule has 0 heterocycles. The average molecular weight is 418 g/mol. The van der Waals surface area contributed by atoms with Crippen LogP contribution in [0.4, 0.5) is 0 Å². The van der Waals surface area contributed by atoms with Gasteiger partial charge >= 0.3 is 0 Å². The summed E-state index contributed by atoms with van der Waals surface area (Å²) < 4.78 is 0. The zero-order valence-corrected chi connectivity index (χ0v) is 16.6. The number of nitrogens with one attached hydrogen (secondary N) is 2. The van der Waals surface area contributed by atoms with Crippen molar-refractivity contribution in [2.45, 2.75) is 26.8 Å². The lowest BCUT2D eigenvalue weighted by molar-refractivity contribution is 0.331. The van der Waals surface area contributed by atoms with Gasteiger partial charge in [0.1, 0.15) is 0 Å². The summed E-state index contributed by atoms with van der Waals surface area (Å²) in [7, 11) is 3.96. The molecule has 0 aliphatic carbocycles. The lowest BCUT2D eigenvalue weighted by Gasteiger charge is -2.18. The van der Waals surface area contributed by atoms with E-state index in [0.29, 0.717) is 5.92 Å². The van der Waals surface area contributed by atoms with E-state index in [4.69, 9.17) is 0 Å². The molecule has 0 saturated heterocycles. The van der Waals surface area contributed by atoms with Crippen molar-refractivity contribution in [1.29, 1.82) is 0 Å². The van der Waals surface area contributed by atoms with E-state index in [1.54, 1.807) is 0 Å². The smallest absolute Gasteiger partial charge is 0.191 e. The minimum absolute atomic E-state index is 0. The second-order valence-electron chi connectivity index (χ2n) is 5.83. The van der Waals surface area contributed by atoms with Crippen molar-refractivity contribution >= 4 is 29.9 Å². The van der Waals surface area contributed by atoms with Crippen LogP contribution in [-0.4, -0.2) is 44.6 Å². The fourth-order valence-electron chi connectivity index (χ4n) is 2.04. The Morgan fingerprint density at radius 2 is 1.77 bits per heavy atom. The third-order valence-electron chi connectivity index (χ3n) is 3.32. The van der Waals surface area contributed by atoms with E-state index < -0.39 is 0 Å². The van der Waals surface area contributed by atoms with E-state index in [1.807, 2.05) is 7.05 Å². The van der Waals surface area contributed by atoms with Gasteiger partial charge in [0, 0.05) is 33.2 Å². The third-order valence-corrected chi connectivity index (χ3v) is 3.32. The number of rotatable bonds is 8. The minimum atomic E-state index is 0. The van der Waals surface area contributed by atoms with Crippen molar-refractivity contribution in [2.75, 3.05) is 33.7 Å². The van der Waals surface area contributed by atoms with Crippen LogP contribution in [0, 0.1) is 5.92 Å². The summed E-state index contributed by atoms with van der Waals surface area (Å²) in [5.41, 5.74) is 1.35. The molecule has 0 atom stereocenters. The molecule has 126 valence electrons.